The van der Waals surface area contributed by atoms with E-state index in [1.54, 1.807) is 12.1 Å². The molecule has 6 aromatic rings. The zero-order valence-electron chi connectivity index (χ0n) is 19.9. The molecule has 4 nitrogen and oxygen atoms in total. The van der Waals surface area contributed by atoms with Crippen LogP contribution in [0.2, 0.25) is 0 Å². The van der Waals surface area contributed by atoms with Crippen LogP contribution in [0.15, 0.2) is 109 Å². The van der Waals surface area contributed by atoms with Gasteiger partial charge in [0.05, 0.1) is 0 Å². The molecule has 37 heavy (non-hydrogen) atoms. The lowest BCUT2D eigenvalue weighted by Gasteiger charge is -2.16. The highest BCUT2D eigenvalue weighted by Gasteiger charge is 2.60. The molecule has 1 aliphatic carbocycles. The van der Waals surface area contributed by atoms with E-state index in [0.717, 1.165) is 43.1 Å². The first-order valence-corrected chi connectivity index (χ1v) is 12.4. The minimum Gasteiger partial charge on any atom is -0.425 e. The molecule has 0 saturated heterocycles. The number of benzene rings is 6. The first-order chi connectivity index (χ1) is 18.1. The van der Waals surface area contributed by atoms with Crippen LogP contribution in [0, 0.1) is 5.41 Å². The van der Waals surface area contributed by atoms with E-state index in [2.05, 4.69) is 24.3 Å². The van der Waals surface area contributed by atoms with Crippen molar-refractivity contribution in [2.45, 2.75) is 12.8 Å². The summed E-state index contributed by atoms with van der Waals surface area (Å²) in [6, 6.07) is 35.6. The van der Waals surface area contributed by atoms with Gasteiger partial charge in [0.15, 0.2) is 5.41 Å². The highest BCUT2D eigenvalue weighted by Crippen LogP contribution is 2.49. The fraction of sp³-hybridized carbons (Fsp3) is 0.0909. The molecule has 0 amide bonds. The summed E-state index contributed by atoms with van der Waals surface area (Å²) in [6.07, 6.45) is 0.818. The van der Waals surface area contributed by atoms with Crippen LogP contribution in [0.3, 0.4) is 0 Å². The maximum absolute atomic E-state index is 13.4. The van der Waals surface area contributed by atoms with Crippen LogP contribution >= 0.6 is 0 Å². The molecule has 0 bridgehead atoms. The number of hydrogen-bond donors (Lipinski definition) is 0. The van der Waals surface area contributed by atoms with Crippen LogP contribution in [0.1, 0.15) is 12.8 Å². The Bertz CT molecular complexity index is 1750. The third kappa shape index (κ3) is 3.61. The molecule has 1 fully saturated rings. The second-order valence-electron chi connectivity index (χ2n) is 9.71. The van der Waals surface area contributed by atoms with Crippen molar-refractivity contribution in [1.29, 1.82) is 0 Å². The number of esters is 2. The Labute approximate surface area is 213 Å². The van der Waals surface area contributed by atoms with E-state index in [0.29, 0.717) is 24.3 Å². The summed E-state index contributed by atoms with van der Waals surface area (Å²) in [4.78, 5) is 26.7. The zero-order valence-corrected chi connectivity index (χ0v) is 19.9. The number of rotatable bonds is 4. The lowest BCUT2D eigenvalue weighted by Crippen LogP contribution is -2.33. The van der Waals surface area contributed by atoms with Crippen LogP contribution < -0.4 is 9.47 Å². The van der Waals surface area contributed by atoms with Gasteiger partial charge in [-0.1, -0.05) is 72.8 Å². The van der Waals surface area contributed by atoms with E-state index < -0.39 is 17.4 Å². The largest absolute Gasteiger partial charge is 0.425 e. The fourth-order valence-electron chi connectivity index (χ4n) is 5.07. The average molecular weight is 483 g/mol. The summed E-state index contributed by atoms with van der Waals surface area (Å²) < 4.78 is 11.7. The van der Waals surface area contributed by atoms with Crippen molar-refractivity contribution in [3.8, 4) is 11.5 Å². The van der Waals surface area contributed by atoms with E-state index in [9.17, 15) is 9.59 Å². The molecule has 1 saturated carbocycles. The Kier molecular flexibility index (Phi) is 4.76. The smallest absolute Gasteiger partial charge is 0.328 e. The Morgan fingerprint density at radius 1 is 0.486 bits per heavy atom. The Morgan fingerprint density at radius 3 is 1.27 bits per heavy atom. The summed E-state index contributed by atoms with van der Waals surface area (Å²) >= 11 is 0. The minimum atomic E-state index is -1.28. The third-order valence-electron chi connectivity index (χ3n) is 7.35. The third-order valence-corrected chi connectivity index (χ3v) is 7.35. The predicted molar refractivity (Wildman–Crippen MR) is 146 cm³/mol. The average Bonchev–Trinajstić information content (AvgIpc) is 3.74. The maximum Gasteiger partial charge on any atom is 0.328 e. The molecule has 4 heteroatoms. The molecule has 0 aromatic heterocycles. The maximum atomic E-state index is 13.4. The Balaban J connectivity index is 1.19. The van der Waals surface area contributed by atoms with E-state index >= 15 is 0 Å². The van der Waals surface area contributed by atoms with Gasteiger partial charge in [0.2, 0.25) is 0 Å². The van der Waals surface area contributed by atoms with Crippen LogP contribution in [0.5, 0.6) is 11.5 Å². The molecule has 1 aliphatic rings. The van der Waals surface area contributed by atoms with Gasteiger partial charge < -0.3 is 9.47 Å². The molecule has 0 N–H and O–H groups in total. The van der Waals surface area contributed by atoms with E-state index in [-0.39, 0.29) is 0 Å². The molecule has 0 atom stereocenters. The highest BCUT2D eigenvalue weighted by atomic mass is 16.6. The summed E-state index contributed by atoms with van der Waals surface area (Å²) in [5.74, 6) is -0.236. The number of hydrogen-bond acceptors (Lipinski definition) is 4. The van der Waals surface area contributed by atoms with Gasteiger partial charge in [0.25, 0.3) is 0 Å². The SMILES string of the molecule is O=C(Oc1cccc2cc3ccccc3cc12)C1(C(=O)Oc2cccc3cc4ccccc4cc23)CC1. The number of carbonyl (C=O) groups is 2. The normalized spacial score (nSPS) is 14.2. The monoisotopic (exact) mass is 482 g/mol. The molecule has 0 heterocycles. The lowest BCUT2D eigenvalue weighted by atomic mass is 10.0. The Morgan fingerprint density at radius 2 is 0.865 bits per heavy atom. The summed E-state index contributed by atoms with van der Waals surface area (Å²) in [5, 5.41) is 7.95. The van der Waals surface area contributed by atoms with Gasteiger partial charge in [-0.15, -0.1) is 0 Å². The van der Waals surface area contributed by atoms with Crippen LogP contribution in [0.25, 0.3) is 43.1 Å². The van der Waals surface area contributed by atoms with E-state index in [1.165, 1.54) is 0 Å². The van der Waals surface area contributed by atoms with Gasteiger partial charge in [-0.2, -0.15) is 0 Å². The van der Waals surface area contributed by atoms with Crippen molar-refractivity contribution in [2.24, 2.45) is 5.41 Å². The van der Waals surface area contributed by atoms with Crippen molar-refractivity contribution >= 4 is 55.0 Å². The van der Waals surface area contributed by atoms with Gasteiger partial charge in [-0.3, -0.25) is 9.59 Å². The molecule has 6 aromatic carbocycles. The van der Waals surface area contributed by atoms with Gasteiger partial charge in [0, 0.05) is 10.8 Å². The van der Waals surface area contributed by atoms with Gasteiger partial charge in [0.1, 0.15) is 11.5 Å². The topological polar surface area (TPSA) is 52.6 Å². The molecule has 0 unspecified atom stereocenters. The first-order valence-electron chi connectivity index (χ1n) is 12.4. The Hall–Kier alpha value is -4.70. The summed E-state index contributed by atoms with van der Waals surface area (Å²) in [7, 11) is 0. The standard InChI is InChI=1S/C33H22O4/c34-31(36-29-13-5-11-25-17-21-7-1-3-9-23(21)19-27(25)29)33(15-16-33)32(35)37-30-14-6-12-26-18-22-8-2-4-10-24(22)20-28(26)30/h1-14,17-20H,15-16H2. The quantitative estimate of drug-likeness (QED) is 0.112. The van der Waals surface area contributed by atoms with E-state index in [4.69, 9.17) is 9.47 Å². The second-order valence-corrected chi connectivity index (χ2v) is 9.71. The molecule has 0 aliphatic heterocycles. The summed E-state index contributed by atoms with van der Waals surface area (Å²) in [6.45, 7) is 0. The van der Waals surface area contributed by atoms with E-state index in [1.807, 2.05) is 72.8 Å². The number of fused-ring (bicyclic) bond motifs is 4. The van der Waals surface area contributed by atoms with Crippen molar-refractivity contribution in [1.82, 2.24) is 0 Å². The molecule has 0 spiro atoms. The molecule has 178 valence electrons. The second kappa shape index (κ2) is 8.17. The highest BCUT2D eigenvalue weighted by molar-refractivity contribution is 6.08. The zero-order chi connectivity index (χ0) is 25.0. The molecular weight excluding hydrogens is 460 g/mol. The summed E-state index contributed by atoms with van der Waals surface area (Å²) in [5.41, 5.74) is -1.28. The molecule has 7 rings (SSSR count). The number of ether oxygens (including phenoxy) is 2. The van der Waals surface area contributed by atoms with Gasteiger partial charge >= 0.3 is 11.9 Å². The number of carbonyl (C=O) groups excluding carboxylic acids is 2. The van der Waals surface area contributed by atoms with Crippen LogP contribution in [0.4, 0.5) is 0 Å². The lowest BCUT2D eigenvalue weighted by molar-refractivity contribution is -0.153. The van der Waals surface area contributed by atoms with Crippen LogP contribution in [-0.2, 0) is 9.59 Å². The molecule has 0 radical (unpaired) electrons. The van der Waals surface area contributed by atoms with Crippen molar-refractivity contribution < 1.29 is 19.1 Å². The van der Waals surface area contributed by atoms with Crippen molar-refractivity contribution in [2.75, 3.05) is 0 Å². The van der Waals surface area contributed by atoms with Gasteiger partial charge in [-0.05, 0) is 81.6 Å². The first kappa shape index (κ1) is 21.6. The molecular formula is C33H22O4. The van der Waals surface area contributed by atoms with Gasteiger partial charge in [-0.25, -0.2) is 0 Å². The van der Waals surface area contributed by atoms with Crippen molar-refractivity contribution in [3.63, 3.8) is 0 Å². The predicted octanol–water partition coefficient (Wildman–Crippen LogP) is 7.59. The van der Waals surface area contributed by atoms with Crippen LogP contribution in [-0.4, -0.2) is 11.9 Å². The van der Waals surface area contributed by atoms with Crippen molar-refractivity contribution in [3.05, 3.63) is 109 Å². The fourth-order valence-corrected chi connectivity index (χ4v) is 5.07. The minimum absolute atomic E-state index is 0.409.